The fourth-order valence-corrected chi connectivity index (χ4v) is 3.04. The Balaban J connectivity index is 1.77. The minimum absolute atomic E-state index is 0.0174. The molecule has 0 bridgehead atoms. The van der Waals surface area contributed by atoms with Crippen molar-refractivity contribution in [2.75, 3.05) is 0 Å². The van der Waals surface area contributed by atoms with E-state index in [1.165, 1.54) is 18.8 Å². The summed E-state index contributed by atoms with van der Waals surface area (Å²) in [5, 5.41) is 0. The summed E-state index contributed by atoms with van der Waals surface area (Å²) >= 11 is 0. The number of benzene rings is 2. The minimum Gasteiger partial charge on any atom is -0.464 e. The van der Waals surface area contributed by atoms with E-state index in [9.17, 15) is 4.79 Å². The van der Waals surface area contributed by atoms with Crippen LogP contribution in [0.3, 0.4) is 0 Å². The van der Waals surface area contributed by atoms with E-state index >= 15 is 0 Å². The van der Waals surface area contributed by atoms with Gasteiger partial charge in [-0.25, -0.2) is 4.98 Å². The van der Waals surface area contributed by atoms with Gasteiger partial charge in [0.25, 0.3) is 0 Å². The van der Waals surface area contributed by atoms with Crippen LogP contribution in [-0.4, -0.2) is 15.3 Å². The van der Waals surface area contributed by atoms with E-state index in [2.05, 4.69) is 22.8 Å². The molecule has 0 aliphatic heterocycles. The van der Waals surface area contributed by atoms with Crippen molar-refractivity contribution < 1.29 is 9.21 Å². The Bertz CT molecular complexity index is 1090. The van der Waals surface area contributed by atoms with E-state index in [4.69, 9.17) is 9.40 Å². The molecule has 4 aromatic rings. The van der Waals surface area contributed by atoms with Gasteiger partial charge in [-0.15, -0.1) is 0 Å². The molecular formula is C22H18N2O2. The summed E-state index contributed by atoms with van der Waals surface area (Å²) in [6, 6.07) is 20.0. The van der Waals surface area contributed by atoms with Crippen molar-refractivity contribution in [3.05, 3.63) is 89.6 Å². The van der Waals surface area contributed by atoms with E-state index in [0.717, 1.165) is 23.4 Å². The van der Waals surface area contributed by atoms with Gasteiger partial charge in [-0.3, -0.25) is 4.79 Å². The fraction of sp³-hybridized carbons (Fsp3) is 0.0909. The summed E-state index contributed by atoms with van der Waals surface area (Å²) in [5.74, 6) is 1.35. The Morgan fingerprint density at radius 2 is 1.81 bits per heavy atom. The van der Waals surface area contributed by atoms with Crippen molar-refractivity contribution in [3.8, 4) is 0 Å². The summed E-state index contributed by atoms with van der Waals surface area (Å²) < 4.78 is 7.60. The molecule has 2 heterocycles. The highest BCUT2D eigenvalue weighted by molar-refractivity contribution is 5.97. The lowest BCUT2D eigenvalue weighted by Crippen LogP contribution is -2.02. The molecule has 0 N–H and O–H groups in total. The number of Topliss-reactive ketones (excluding diaryl/α,β-unsaturated/α-hetero) is 1. The van der Waals surface area contributed by atoms with Crippen LogP contribution in [0.4, 0.5) is 0 Å². The van der Waals surface area contributed by atoms with E-state index in [1.807, 2.05) is 42.5 Å². The zero-order chi connectivity index (χ0) is 17.9. The van der Waals surface area contributed by atoms with Gasteiger partial charge >= 0.3 is 0 Å². The molecular weight excluding hydrogens is 324 g/mol. The first kappa shape index (κ1) is 16.1. The molecule has 26 heavy (non-hydrogen) atoms. The molecule has 0 fully saturated rings. The van der Waals surface area contributed by atoms with Crippen molar-refractivity contribution in [3.63, 3.8) is 0 Å². The number of nitrogens with zero attached hydrogens (tertiary/aromatic N) is 2. The first-order valence-electron chi connectivity index (χ1n) is 8.48. The van der Waals surface area contributed by atoms with E-state index in [-0.39, 0.29) is 5.78 Å². The van der Waals surface area contributed by atoms with Gasteiger partial charge in [-0.05, 0) is 42.8 Å². The molecule has 0 atom stereocenters. The third kappa shape index (κ3) is 3.09. The Labute approximate surface area is 151 Å². The maximum absolute atomic E-state index is 11.7. The van der Waals surface area contributed by atoms with Crippen molar-refractivity contribution in [1.82, 2.24) is 9.55 Å². The molecule has 2 aromatic carbocycles. The first-order chi connectivity index (χ1) is 12.7. The first-order valence-corrected chi connectivity index (χ1v) is 8.48. The average Bonchev–Trinajstić information content (AvgIpc) is 3.26. The fourth-order valence-electron chi connectivity index (χ4n) is 3.04. The van der Waals surface area contributed by atoms with Gasteiger partial charge in [-0.2, -0.15) is 0 Å². The highest BCUT2D eigenvalue weighted by Crippen LogP contribution is 2.21. The minimum atomic E-state index is -0.0174. The van der Waals surface area contributed by atoms with Crippen molar-refractivity contribution in [1.29, 1.82) is 0 Å². The highest BCUT2D eigenvalue weighted by atomic mass is 16.3. The summed E-state index contributed by atoms with van der Waals surface area (Å²) in [4.78, 5) is 16.4. The number of carbonyl (C=O) groups excluding carboxylic acids is 1. The molecule has 4 nitrogen and oxygen atoms in total. The Kier molecular flexibility index (Phi) is 4.23. The van der Waals surface area contributed by atoms with Gasteiger partial charge in [0.05, 0.1) is 22.9 Å². The number of para-hydroxylation sites is 2. The predicted octanol–water partition coefficient (Wildman–Crippen LogP) is 5.05. The van der Waals surface area contributed by atoms with Gasteiger partial charge in [0.1, 0.15) is 11.6 Å². The maximum atomic E-state index is 11.7. The summed E-state index contributed by atoms with van der Waals surface area (Å²) in [7, 11) is 0. The van der Waals surface area contributed by atoms with Crippen LogP contribution in [0.15, 0.2) is 71.3 Å². The van der Waals surface area contributed by atoms with Gasteiger partial charge in [0.15, 0.2) is 5.78 Å². The molecule has 4 rings (SSSR count). The molecule has 128 valence electrons. The van der Waals surface area contributed by atoms with Crippen LogP contribution in [0.5, 0.6) is 0 Å². The predicted molar refractivity (Wildman–Crippen MR) is 103 cm³/mol. The second-order valence-electron chi connectivity index (χ2n) is 6.12. The molecule has 0 saturated heterocycles. The Morgan fingerprint density at radius 3 is 2.62 bits per heavy atom. The quantitative estimate of drug-likeness (QED) is 0.477. The molecule has 0 aliphatic rings. The van der Waals surface area contributed by atoms with Gasteiger partial charge in [0, 0.05) is 6.54 Å². The Hall–Kier alpha value is -3.40. The summed E-state index contributed by atoms with van der Waals surface area (Å²) in [5.41, 5.74) is 3.79. The average molecular weight is 342 g/mol. The van der Waals surface area contributed by atoms with E-state index in [0.29, 0.717) is 11.3 Å². The van der Waals surface area contributed by atoms with Crippen LogP contribution in [0.1, 0.15) is 34.4 Å². The number of rotatable bonds is 5. The third-order valence-electron chi connectivity index (χ3n) is 4.33. The van der Waals surface area contributed by atoms with Gasteiger partial charge in [0.2, 0.25) is 0 Å². The number of furan rings is 1. The molecule has 0 spiro atoms. The molecule has 0 aliphatic carbocycles. The number of carbonyl (C=O) groups is 1. The lowest BCUT2D eigenvalue weighted by molar-refractivity contribution is 0.101. The highest BCUT2D eigenvalue weighted by Gasteiger charge is 2.11. The molecule has 2 aromatic heterocycles. The SMILES string of the molecule is CC(=O)c1ccoc1/C=C/c1nc2ccccc2n1Cc1ccccc1. The monoisotopic (exact) mass is 342 g/mol. The zero-order valence-corrected chi connectivity index (χ0v) is 14.4. The summed E-state index contributed by atoms with van der Waals surface area (Å²) in [6.07, 6.45) is 5.23. The van der Waals surface area contributed by atoms with Crippen LogP contribution >= 0.6 is 0 Å². The van der Waals surface area contributed by atoms with E-state index < -0.39 is 0 Å². The lowest BCUT2D eigenvalue weighted by atomic mass is 10.2. The second-order valence-corrected chi connectivity index (χ2v) is 6.12. The van der Waals surface area contributed by atoms with Crippen LogP contribution in [0.2, 0.25) is 0 Å². The van der Waals surface area contributed by atoms with E-state index in [1.54, 1.807) is 12.1 Å². The number of ketones is 1. The lowest BCUT2D eigenvalue weighted by Gasteiger charge is -2.07. The Morgan fingerprint density at radius 1 is 1.04 bits per heavy atom. The van der Waals surface area contributed by atoms with Crippen molar-refractivity contribution in [2.45, 2.75) is 13.5 Å². The normalized spacial score (nSPS) is 11.4. The molecule has 0 radical (unpaired) electrons. The van der Waals surface area contributed by atoms with Crippen LogP contribution in [0, 0.1) is 0 Å². The molecule has 0 saturated carbocycles. The number of fused-ring (bicyclic) bond motifs is 1. The molecule has 0 unspecified atom stereocenters. The van der Waals surface area contributed by atoms with Gasteiger partial charge < -0.3 is 8.98 Å². The van der Waals surface area contributed by atoms with Crippen molar-refractivity contribution in [2.24, 2.45) is 0 Å². The van der Waals surface area contributed by atoms with Crippen LogP contribution in [0.25, 0.3) is 23.2 Å². The van der Waals surface area contributed by atoms with Crippen LogP contribution < -0.4 is 0 Å². The largest absolute Gasteiger partial charge is 0.464 e. The maximum Gasteiger partial charge on any atom is 0.163 e. The third-order valence-corrected chi connectivity index (χ3v) is 4.33. The number of hydrogen-bond donors (Lipinski definition) is 0. The molecule has 0 amide bonds. The number of hydrogen-bond acceptors (Lipinski definition) is 3. The van der Waals surface area contributed by atoms with Crippen LogP contribution in [-0.2, 0) is 6.54 Å². The van der Waals surface area contributed by atoms with Gasteiger partial charge in [-0.1, -0.05) is 42.5 Å². The van der Waals surface area contributed by atoms with Crippen molar-refractivity contribution >= 4 is 29.0 Å². The smallest absolute Gasteiger partial charge is 0.163 e. The topological polar surface area (TPSA) is 48.0 Å². The second kappa shape index (κ2) is 6.84. The zero-order valence-electron chi connectivity index (χ0n) is 14.4. The summed E-state index contributed by atoms with van der Waals surface area (Å²) in [6.45, 7) is 2.26. The standard InChI is InChI=1S/C22H18N2O2/c1-16(25)18-13-14-26-21(18)11-12-22-23-19-9-5-6-10-20(19)24(22)15-17-7-3-2-4-8-17/h2-14H,15H2,1H3/b12-11+. The number of aromatic nitrogens is 2. The molecule has 4 heteroatoms. The number of imidazole rings is 1.